The van der Waals surface area contributed by atoms with Crippen LogP contribution >= 0.6 is 0 Å². The van der Waals surface area contributed by atoms with E-state index >= 15 is 0 Å². The predicted molar refractivity (Wildman–Crippen MR) is 85.8 cm³/mol. The number of aromatic nitrogens is 1. The van der Waals surface area contributed by atoms with E-state index in [4.69, 9.17) is 0 Å². The van der Waals surface area contributed by atoms with Gasteiger partial charge < -0.3 is 9.80 Å². The Balaban J connectivity index is 1.62. The van der Waals surface area contributed by atoms with Gasteiger partial charge in [0.1, 0.15) is 5.54 Å². The van der Waals surface area contributed by atoms with Gasteiger partial charge in [-0.3, -0.25) is 19.9 Å². The first-order valence-corrected chi connectivity index (χ1v) is 7.75. The van der Waals surface area contributed by atoms with Crippen molar-refractivity contribution in [1.29, 1.82) is 0 Å². The first-order valence-electron chi connectivity index (χ1n) is 7.75. The van der Waals surface area contributed by atoms with Gasteiger partial charge in [0.05, 0.1) is 6.42 Å². The van der Waals surface area contributed by atoms with Gasteiger partial charge >= 0.3 is 0 Å². The molecule has 0 unspecified atom stereocenters. The first-order chi connectivity index (χ1) is 11.0. The lowest BCUT2D eigenvalue weighted by atomic mass is 9.88. The van der Waals surface area contributed by atoms with E-state index in [0.717, 1.165) is 5.56 Å². The van der Waals surface area contributed by atoms with E-state index in [-0.39, 0.29) is 11.8 Å². The van der Waals surface area contributed by atoms with Crippen LogP contribution in [-0.2, 0) is 16.0 Å². The van der Waals surface area contributed by atoms with Gasteiger partial charge in [0.15, 0.2) is 0 Å². The van der Waals surface area contributed by atoms with Gasteiger partial charge in [-0.05, 0) is 24.5 Å². The minimum atomic E-state index is -0.704. The summed E-state index contributed by atoms with van der Waals surface area (Å²) in [5, 5.41) is 2.82. The minimum absolute atomic E-state index is 0.0550. The van der Waals surface area contributed by atoms with Crippen LogP contribution in [-0.4, -0.2) is 65.3 Å². The molecule has 1 aromatic rings. The fourth-order valence-electron chi connectivity index (χ4n) is 2.97. The second-order valence-electron chi connectivity index (χ2n) is 6.23. The Morgan fingerprint density at radius 3 is 2.70 bits per heavy atom. The first kappa shape index (κ1) is 15.5. The lowest BCUT2D eigenvalue weighted by molar-refractivity contribution is -0.135. The Bertz CT molecular complexity index is 633. The smallest absolute Gasteiger partial charge is 0.254 e. The summed E-state index contributed by atoms with van der Waals surface area (Å²) in [5.74, 6) is 0.619. The van der Waals surface area contributed by atoms with Crippen LogP contribution in [0, 0.1) is 0 Å². The highest BCUT2D eigenvalue weighted by Gasteiger charge is 2.46. The van der Waals surface area contributed by atoms with Crippen molar-refractivity contribution < 1.29 is 9.59 Å². The van der Waals surface area contributed by atoms with Crippen LogP contribution < -0.4 is 5.32 Å². The van der Waals surface area contributed by atoms with Gasteiger partial charge in [-0.25, -0.2) is 4.99 Å². The number of hydrogen-bond donors (Lipinski definition) is 1. The van der Waals surface area contributed by atoms with Crippen LogP contribution in [0.5, 0.6) is 0 Å². The number of aliphatic imine (C=N–C) groups is 1. The summed E-state index contributed by atoms with van der Waals surface area (Å²) < 4.78 is 0. The maximum atomic E-state index is 12.4. The van der Waals surface area contributed by atoms with Crippen molar-refractivity contribution in [2.75, 3.05) is 27.2 Å². The van der Waals surface area contributed by atoms with E-state index in [9.17, 15) is 9.59 Å². The van der Waals surface area contributed by atoms with Crippen LogP contribution in [0.25, 0.3) is 0 Å². The highest BCUT2D eigenvalue weighted by Crippen LogP contribution is 2.30. The standard InChI is InChI=1S/C16H21N5O2/c1-20(2)15-18-14(23)16(19-15)5-8-21(9-6-16)13(22)10-12-4-3-7-17-11-12/h3-4,7,11H,5-6,8-10H2,1-2H3,(H,18,19,23). The number of pyridine rings is 1. The molecule has 0 aliphatic carbocycles. The van der Waals surface area contributed by atoms with Gasteiger partial charge in [-0.1, -0.05) is 6.07 Å². The topological polar surface area (TPSA) is 77.9 Å². The van der Waals surface area contributed by atoms with Gasteiger partial charge in [0.2, 0.25) is 11.9 Å². The molecule has 1 N–H and O–H groups in total. The molecule has 7 nitrogen and oxygen atoms in total. The van der Waals surface area contributed by atoms with Crippen molar-refractivity contribution in [1.82, 2.24) is 20.1 Å². The highest BCUT2D eigenvalue weighted by atomic mass is 16.2. The molecule has 1 spiro atoms. The van der Waals surface area contributed by atoms with E-state index in [0.29, 0.717) is 38.3 Å². The zero-order valence-corrected chi connectivity index (χ0v) is 13.5. The van der Waals surface area contributed by atoms with E-state index in [1.165, 1.54) is 0 Å². The molecule has 2 amide bonds. The molecule has 1 aromatic heterocycles. The molecule has 23 heavy (non-hydrogen) atoms. The van der Waals surface area contributed by atoms with Crippen molar-refractivity contribution in [2.24, 2.45) is 4.99 Å². The zero-order valence-electron chi connectivity index (χ0n) is 13.5. The Hall–Kier alpha value is -2.44. The third-order valence-electron chi connectivity index (χ3n) is 4.41. The van der Waals surface area contributed by atoms with Crippen molar-refractivity contribution in [2.45, 2.75) is 24.8 Å². The van der Waals surface area contributed by atoms with Crippen LogP contribution in [0.15, 0.2) is 29.5 Å². The van der Waals surface area contributed by atoms with E-state index in [2.05, 4.69) is 15.3 Å². The average molecular weight is 315 g/mol. The highest BCUT2D eigenvalue weighted by molar-refractivity contribution is 6.07. The number of likely N-dealkylation sites (tertiary alicyclic amines) is 1. The van der Waals surface area contributed by atoms with Gasteiger partial charge in [-0.15, -0.1) is 0 Å². The predicted octanol–water partition coefficient (Wildman–Crippen LogP) is 0.0327. The number of nitrogens with one attached hydrogen (secondary N) is 1. The SMILES string of the molecule is CN(C)C1=NC2(CCN(C(=O)Cc3cccnc3)CC2)C(=O)N1. The molecule has 7 heteroatoms. The molecule has 0 aromatic carbocycles. The van der Waals surface area contributed by atoms with Crippen LogP contribution in [0.3, 0.4) is 0 Å². The summed E-state index contributed by atoms with van der Waals surface area (Å²) >= 11 is 0. The fraction of sp³-hybridized carbons (Fsp3) is 0.500. The van der Waals surface area contributed by atoms with Gasteiger partial charge in [0, 0.05) is 39.6 Å². The summed E-state index contributed by atoms with van der Waals surface area (Å²) in [6.07, 6.45) is 4.88. The Kier molecular flexibility index (Phi) is 4.02. The number of hydrogen-bond acceptors (Lipinski definition) is 5. The molecule has 0 bridgehead atoms. The lowest BCUT2D eigenvalue weighted by Crippen LogP contribution is -2.51. The summed E-state index contributed by atoms with van der Waals surface area (Å²) in [7, 11) is 3.70. The fourth-order valence-corrected chi connectivity index (χ4v) is 2.97. The molecule has 122 valence electrons. The molecule has 1 fully saturated rings. The monoisotopic (exact) mass is 315 g/mol. The minimum Gasteiger partial charge on any atom is -0.349 e. The van der Waals surface area contributed by atoms with E-state index in [1.54, 1.807) is 17.3 Å². The lowest BCUT2D eigenvalue weighted by Gasteiger charge is -2.35. The van der Waals surface area contributed by atoms with Crippen LogP contribution in [0.2, 0.25) is 0 Å². The van der Waals surface area contributed by atoms with Crippen LogP contribution in [0.1, 0.15) is 18.4 Å². The third-order valence-corrected chi connectivity index (χ3v) is 4.41. The maximum Gasteiger partial charge on any atom is 0.254 e. The van der Waals surface area contributed by atoms with Crippen molar-refractivity contribution >= 4 is 17.8 Å². The summed E-state index contributed by atoms with van der Waals surface area (Å²) in [6.45, 7) is 1.10. The molecule has 2 aliphatic heterocycles. The number of carbonyl (C=O) groups excluding carboxylic acids is 2. The summed E-state index contributed by atoms with van der Waals surface area (Å²) in [4.78, 5) is 36.9. The Morgan fingerprint density at radius 2 is 2.13 bits per heavy atom. The molecule has 0 saturated carbocycles. The summed E-state index contributed by atoms with van der Waals surface area (Å²) in [6, 6.07) is 3.72. The third kappa shape index (κ3) is 3.04. The Morgan fingerprint density at radius 1 is 1.39 bits per heavy atom. The molecule has 1 saturated heterocycles. The second kappa shape index (κ2) is 5.98. The zero-order chi connectivity index (χ0) is 16.4. The number of carbonyl (C=O) groups is 2. The molecular weight excluding hydrogens is 294 g/mol. The van der Waals surface area contributed by atoms with Crippen molar-refractivity contribution in [3.63, 3.8) is 0 Å². The molecule has 3 heterocycles. The number of amides is 2. The quantitative estimate of drug-likeness (QED) is 0.835. The van der Waals surface area contributed by atoms with Crippen molar-refractivity contribution in [3.8, 4) is 0 Å². The van der Waals surface area contributed by atoms with Gasteiger partial charge in [0.25, 0.3) is 5.91 Å². The number of piperidine rings is 1. The molecule has 3 rings (SSSR count). The second-order valence-corrected chi connectivity index (χ2v) is 6.23. The maximum absolute atomic E-state index is 12.4. The molecule has 0 atom stereocenters. The van der Waals surface area contributed by atoms with E-state index < -0.39 is 5.54 Å². The van der Waals surface area contributed by atoms with Crippen LogP contribution in [0.4, 0.5) is 0 Å². The number of nitrogens with zero attached hydrogens (tertiary/aromatic N) is 4. The Labute approximate surface area is 135 Å². The van der Waals surface area contributed by atoms with Crippen molar-refractivity contribution in [3.05, 3.63) is 30.1 Å². The average Bonchev–Trinajstić information content (AvgIpc) is 2.86. The molecular formula is C16H21N5O2. The van der Waals surface area contributed by atoms with Gasteiger partial charge in [-0.2, -0.15) is 0 Å². The number of guanidine groups is 1. The summed E-state index contributed by atoms with van der Waals surface area (Å²) in [5.41, 5.74) is 0.203. The number of rotatable bonds is 2. The largest absolute Gasteiger partial charge is 0.349 e. The normalized spacial score (nSPS) is 19.5. The molecule has 2 aliphatic rings. The molecule has 0 radical (unpaired) electrons. The van der Waals surface area contributed by atoms with E-state index in [1.807, 2.05) is 31.1 Å².